The minimum Gasteiger partial charge on any atom is -0.497 e. The molecule has 0 amide bonds. The van der Waals surface area contributed by atoms with Gasteiger partial charge < -0.3 is 4.74 Å². The number of nitriles is 1. The Morgan fingerprint density at radius 1 is 1.58 bits per heavy atom. The topological polar surface area (TPSA) is 33.0 Å². The fraction of sp³-hybridized carbons (Fsp3) is 0.125. The average molecular weight is 246 g/mol. The molecule has 0 heterocycles. The zero-order valence-corrected chi connectivity index (χ0v) is 8.97. The molecule has 0 saturated carbocycles. The van der Waals surface area contributed by atoms with E-state index in [4.69, 9.17) is 10.00 Å². The Morgan fingerprint density at radius 2 is 2.17 bits per heavy atom. The largest absolute Gasteiger partial charge is 0.497 e. The Labute approximate surface area is 85.7 Å². The van der Waals surface area contributed by atoms with Gasteiger partial charge in [-0.05, 0) is 18.2 Å². The number of nitrogens with zero attached hydrogens (tertiary/aromatic N) is 1. The molecular formula is C8H8BrNOS. The number of thiol groups is 1. The van der Waals surface area contributed by atoms with E-state index in [-0.39, 0.29) is 0 Å². The minimum atomic E-state index is 0.879. The first-order chi connectivity index (χ1) is 5.74. The van der Waals surface area contributed by atoms with Crippen molar-refractivity contribution in [2.45, 2.75) is 0 Å². The highest BCUT2D eigenvalue weighted by molar-refractivity contribution is 9.10. The maximum absolute atomic E-state index is 7.18. The van der Waals surface area contributed by atoms with Gasteiger partial charge in [0.25, 0.3) is 0 Å². The van der Waals surface area contributed by atoms with E-state index in [1.54, 1.807) is 7.11 Å². The Kier molecular flexibility index (Phi) is 6.63. The number of rotatable bonds is 1. The van der Waals surface area contributed by atoms with Crippen LogP contribution in [0.25, 0.3) is 0 Å². The van der Waals surface area contributed by atoms with Crippen molar-refractivity contribution in [3.05, 3.63) is 28.7 Å². The van der Waals surface area contributed by atoms with E-state index in [2.05, 4.69) is 28.6 Å². The summed E-state index contributed by atoms with van der Waals surface area (Å²) in [6.45, 7) is 0. The minimum absolute atomic E-state index is 0.879. The lowest BCUT2D eigenvalue weighted by Crippen LogP contribution is -1.79. The van der Waals surface area contributed by atoms with Crippen LogP contribution >= 0.6 is 28.6 Å². The molecule has 0 aliphatic carbocycles. The zero-order valence-electron chi connectivity index (χ0n) is 6.49. The number of hydrogen-bond acceptors (Lipinski definition) is 3. The highest BCUT2D eigenvalue weighted by Crippen LogP contribution is 2.16. The fourth-order valence-corrected chi connectivity index (χ4v) is 0.972. The van der Waals surface area contributed by atoms with Gasteiger partial charge >= 0.3 is 0 Å². The normalized spacial score (nSPS) is 7.50. The van der Waals surface area contributed by atoms with Gasteiger partial charge in [-0.1, -0.05) is 34.6 Å². The number of hydrogen-bond donors (Lipinski definition) is 1. The second-order valence-corrected chi connectivity index (χ2v) is 2.88. The van der Waals surface area contributed by atoms with Crippen LogP contribution in [0.15, 0.2) is 28.7 Å². The summed E-state index contributed by atoms with van der Waals surface area (Å²) in [6.07, 6.45) is 0. The third-order valence-corrected chi connectivity index (χ3v) is 1.53. The third-order valence-electron chi connectivity index (χ3n) is 1.03. The van der Waals surface area contributed by atoms with Gasteiger partial charge in [0, 0.05) is 4.47 Å². The molecule has 0 spiro atoms. The lowest BCUT2D eigenvalue weighted by molar-refractivity contribution is 0.414. The molecule has 12 heavy (non-hydrogen) atoms. The van der Waals surface area contributed by atoms with Gasteiger partial charge in [0.05, 0.1) is 7.11 Å². The fourth-order valence-electron chi connectivity index (χ4n) is 0.594. The quantitative estimate of drug-likeness (QED) is 0.610. The van der Waals surface area contributed by atoms with Gasteiger partial charge in [0.1, 0.15) is 11.2 Å². The van der Waals surface area contributed by atoms with E-state index in [1.807, 2.05) is 24.3 Å². The highest BCUT2D eigenvalue weighted by Gasteiger charge is 1.88. The molecule has 0 aliphatic rings. The monoisotopic (exact) mass is 245 g/mol. The first-order valence-electron chi connectivity index (χ1n) is 3.07. The van der Waals surface area contributed by atoms with Crippen molar-refractivity contribution in [3.8, 4) is 11.2 Å². The van der Waals surface area contributed by atoms with Crippen LogP contribution in [0.5, 0.6) is 5.75 Å². The molecule has 0 saturated heterocycles. The molecule has 0 aromatic heterocycles. The molecule has 2 nitrogen and oxygen atoms in total. The van der Waals surface area contributed by atoms with Gasteiger partial charge in [-0.25, -0.2) is 0 Å². The predicted molar refractivity (Wildman–Crippen MR) is 55.3 cm³/mol. The van der Waals surface area contributed by atoms with E-state index in [1.165, 1.54) is 5.40 Å². The lowest BCUT2D eigenvalue weighted by atomic mass is 10.3. The predicted octanol–water partition coefficient (Wildman–Crippen LogP) is 2.85. The van der Waals surface area contributed by atoms with E-state index >= 15 is 0 Å². The van der Waals surface area contributed by atoms with Crippen LogP contribution in [0, 0.1) is 10.7 Å². The van der Waals surface area contributed by atoms with Crippen LogP contribution < -0.4 is 4.74 Å². The molecule has 1 aromatic rings. The lowest BCUT2D eigenvalue weighted by Gasteiger charge is -1.96. The molecule has 0 bridgehead atoms. The summed E-state index contributed by atoms with van der Waals surface area (Å²) in [5.41, 5.74) is 0. The van der Waals surface area contributed by atoms with Gasteiger partial charge in [-0.2, -0.15) is 5.26 Å². The van der Waals surface area contributed by atoms with Crippen molar-refractivity contribution >= 4 is 28.6 Å². The van der Waals surface area contributed by atoms with Gasteiger partial charge in [-0.15, -0.1) is 0 Å². The number of benzene rings is 1. The summed E-state index contributed by atoms with van der Waals surface area (Å²) in [4.78, 5) is 0. The van der Waals surface area contributed by atoms with Crippen LogP contribution in [0.4, 0.5) is 0 Å². The molecule has 1 rings (SSSR count). The summed E-state index contributed by atoms with van der Waals surface area (Å²) < 4.78 is 6.01. The van der Waals surface area contributed by atoms with Crippen molar-refractivity contribution in [2.75, 3.05) is 7.11 Å². The van der Waals surface area contributed by atoms with Gasteiger partial charge in [-0.3, -0.25) is 0 Å². The Balaban J connectivity index is 0.000000354. The summed E-state index contributed by atoms with van der Waals surface area (Å²) in [5.74, 6) is 0.879. The smallest absolute Gasteiger partial charge is 0.130 e. The molecule has 0 radical (unpaired) electrons. The van der Waals surface area contributed by atoms with Crippen LogP contribution in [-0.2, 0) is 0 Å². The second kappa shape index (κ2) is 7.01. The zero-order chi connectivity index (χ0) is 9.40. The van der Waals surface area contributed by atoms with E-state index in [0.717, 1.165) is 10.2 Å². The SMILES string of the molecule is COc1cccc(Br)c1.N#CS. The standard InChI is InChI=1S/C7H7BrO.CHNS/c1-9-7-4-2-3-6(8)5-7;2-1-3/h2-5H,1H3;3H. The molecule has 4 heteroatoms. The molecule has 0 unspecified atom stereocenters. The molecule has 64 valence electrons. The van der Waals surface area contributed by atoms with E-state index in [0.29, 0.717) is 0 Å². The number of halogens is 1. The van der Waals surface area contributed by atoms with Crippen molar-refractivity contribution in [1.82, 2.24) is 0 Å². The number of ether oxygens (including phenoxy) is 1. The Morgan fingerprint density at radius 3 is 2.50 bits per heavy atom. The maximum atomic E-state index is 7.18. The van der Waals surface area contributed by atoms with Crippen molar-refractivity contribution in [3.63, 3.8) is 0 Å². The maximum Gasteiger partial charge on any atom is 0.130 e. The summed E-state index contributed by atoms with van der Waals surface area (Å²) in [7, 11) is 1.65. The summed E-state index contributed by atoms with van der Waals surface area (Å²) >= 11 is 6.42. The summed E-state index contributed by atoms with van der Waals surface area (Å²) in [5, 5.41) is 8.63. The summed E-state index contributed by atoms with van der Waals surface area (Å²) in [6, 6.07) is 7.72. The molecule has 0 aliphatic heterocycles. The van der Waals surface area contributed by atoms with Crippen LogP contribution in [-0.4, -0.2) is 7.11 Å². The van der Waals surface area contributed by atoms with Crippen molar-refractivity contribution in [1.29, 1.82) is 5.26 Å². The molecule has 0 fully saturated rings. The van der Waals surface area contributed by atoms with Gasteiger partial charge in [0.15, 0.2) is 0 Å². The first kappa shape index (κ1) is 11.3. The molecule has 0 atom stereocenters. The Bertz CT molecular complexity index is 272. The van der Waals surface area contributed by atoms with Crippen LogP contribution in [0.3, 0.4) is 0 Å². The second-order valence-electron chi connectivity index (χ2n) is 1.76. The average Bonchev–Trinajstić information content (AvgIpc) is 2.06. The molecular weight excluding hydrogens is 238 g/mol. The highest BCUT2D eigenvalue weighted by atomic mass is 79.9. The molecule has 1 aromatic carbocycles. The third kappa shape index (κ3) is 5.05. The van der Waals surface area contributed by atoms with Crippen molar-refractivity contribution < 1.29 is 4.74 Å². The van der Waals surface area contributed by atoms with E-state index < -0.39 is 0 Å². The Hall–Kier alpha value is -0.660. The van der Waals surface area contributed by atoms with Crippen molar-refractivity contribution in [2.24, 2.45) is 0 Å². The number of thiocyanates is 1. The van der Waals surface area contributed by atoms with Gasteiger partial charge in [0.2, 0.25) is 0 Å². The van der Waals surface area contributed by atoms with Crippen LogP contribution in [0.1, 0.15) is 0 Å². The van der Waals surface area contributed by atoms with Crippen LogP contribution in [0.2, 0.25) is 0 Å². The first-order valence-corrected chi connectivity index (χ1v) is 4.31. The molecule has 0 N–H and O–H groups in total. The number of methoxy groups -OCH3 is 1. The van der Waals surface area contributed by atoms with E-state index in [9.17, 15) is 0 Å².